The Balaban J connectivity index is 0.000000224. The SMILES string of the molecule is [2H]C([2H])([N+]#[C-])C(=O)N1C([2H])([2H])C([2H])([2H])[C@@]([2H])(C([2H])([2H])[2H])[C@@]([2H])(N(C)c2ncnc3[nH]ccc23)C1([2H])[2H].[2H]C([2H])([N+]#[C-])C(=O)N1C([2H])([2H])[C@H](N(c2ncnc3[nH]ccc23)C([2H])([2H])[2H])[C@H](C([2H])([2H])[2H])C([2H])([2H])C1([2H])[2H].[2H]C([2H])([N+]#[C-])C(=O)N1C([2H])([2H])[C@H](N(c2ncnc3[nH]ccc23)C([2H])([2H])[2H])[C@H](C)C([2H])([2H])C1([2H])[2H]. The van der Waals surface area contributed by atoms with E-state index in [1.165, 1.54) is 36.8 Å². The summed E-state index contributed by atoms with van der Waals surface area (Å²) in [6, 6.07) is -4.41. The smallest absolute Gasteiger partial charge is 0.302 e. The molecule has 6 aromatic heterocycles. The zero-order chi connectivity index (χ0) is 82.6. The second-order valence-electron chi connectivity index (χ2n) is 13.7. The number of amides is 3. The molecule has 21 heteroatoms. The monoisotopic (exact) mass is 975 g/mol. The Kier molecular flexibility index (Phi) is 6.46. The predicted octanol–water partition coefficient (Wildman–Crippen LogP) is 4.65. The van der Waals surface area contributed by atoms with Crippen LogP contribution in [0.2, 0.25) is 0 Å². The van der Waals surface area contributed by atoms with Gasteiger partial charge in [-0.2, -0.15) is 0 Å². The maximum Gasteiger partial charge on any atom is 0.302 e. The summed E-state index contributed by atoms with van der Waals surface area (Å²) in [7, 11) is 0.914. The van der Waals surface area contributed by atoms with E-state index in [-0.39, 0.29) is 54.5 Å². The maximum atomic E-state index is 13.0. The molecule has 9 heterocycles. The second kappa shape index (κ2) is 22.3. The van der Waals surface area contributed by atoms with Crippen molar-refractivity contribution < 1.29 is 66.5 Å². The minimum Gasteiger partial charge on any atom is -0.354 e. The maximum absolute atomic E-state index is 13.0. The molecule has 0 spiro atoms. The van der Waals surface area contributed by atoms with Crippen molar-refractivity contribution in [2.24, 2.45) is 17.7 Å². The first-order valence-electron chi connectivity index (χ1n) is 38.3. The lowest BCUT2D eigenvalue weighted by atomic mass is 9.92. The van der Waals surface area contributed by atoms with Crippen LogP contribution in [0.3, 0.4) is 0 Å². The number of hydrogen-bond donors (Lipinski definition) is 3. The quantitative estimate of drug-likeness (QED) is 0.169. The van der Waals surface area contributed by atoms with Gasteiger partial charge in [0.05, 0.1) is 43.9 Å². The molecule has 0 saturated carbocycles. The Hall–Kier alpha value is -7.86. The summed E-state index contributed by atoms with van der Waals surface area (Å²) in [5, 5.41) is 0.200. The second-order valence-corrected chi connectivity index (χ2v) is 13.7. The van der Waals surface area contributed by atoms with Crippen molar-refractivity contribution in [3.05, 3.63) is 90.0 Å². The molecule has 0 bridgehead atoms. The lowest BCUT2D eigenvalue weighted by Gasteiger charge is -2.41. The van der Waals surface area contributed by atoms with Gasteiger partial charge < -0.3 is 58.9 Å². The normalized spacial score (nSPS) is 39.4. The van der Waals surface area contributed by atoms with Crippen molar-refractivity contribution in [3.63, 3.8) is 0 Å². The number of aromatic amines is 3. The van der Waals surface area contributed by atoms with Gasteiger partial charge in [0.25, 0.3) is 19.5 Å². The third-order valence-electron chi connectivity index (χ3n) is 9.52. The van der Waals surface area contributed by atoms with Gasteiger partial charge in [0.15, 0.2) is 0 Å². The fourth-order valence-electron chi connectivity index (χ4n) is 6.28. The van der Waals surface area contributed by atoms with Gasteiger partial charge in [-0.1, -0.05) is 20.6 Å². The van der Waals surface area contributed by atoms with Gasteiger partial charge in [0.1, 0.15) is 61.6 Å². The number of rotatable bonds is 9. The number of nitrogens with one attached hydrogen (secondary N) is 3. The van der Waals surface area contributed by atoms with Gasteiger partial charge in [-0.05, 0) is 55.0 Å². The summed E-state index contributed by atoms with van der Waals surface area (Å²) in [6.45, 7) is -25.0. The van der Waals surface area contributed by atoms with E-state index in [9.17, 15) is 14.4 Å². The predicted molar refractivity (Wildman–Crippen MR) is 264 cm³/mol. The summed E-state index contributed by atoms with van der Waals surface area (Å²) in [6.07, 6.45) is -3.83. The third kappa shape index (κ3) is 11.0. The molecule has 0 aromatic carbocycles. The van der Waals surface area contributed by atoms with Crippen molar-refractivity contribution in [1.29, 1.82) is 0 Å². The van der Waals surface area contributed by atoms with E-state index in [0.717, 1.165) is 33.0 Å². The van der Waals surface area contributed by atoms with Gasteiger partial charge in [-0.15, -0.1) is 0 Å². The van der Waals surface area contributed by atoms with Crippen molar-refractivity contribution in [1.82, 2.24) is 59.6 Å². The third-order valence-corrected chi connectivity index (χ3v) is 9.52. The van der Waals surface area contributed by atoms with E-state index < -0.39 is 174 Å². The standard InChI is InChI=1S/3C16H20N6O/c3*1-11-5-7-22(14(23)8-17-2)9-13(11)21(3)16-12-4-6-18-15(12)19-10-20-16/h3*4,6,10-11,13H,5,7-9H2,1,3H3,(H,18,19,20)/t3*11-,13+/m111/s1/i1D3,5D2,7D2,8D2,9D2,11D,13D;1D3,3D3,5D2,7D2,8D2,9D2;3D3,5D2,7D2,8D2,9D2. The van der Waals surface area contributed by atoms with Gasteiger partial charge in [-0.25, -0.2) is 49.6 Å². The molecule has 6 atom stereocenters. The van der Waals surface area contributed by atoms with Crippen LogP contribution in [-0.4, -0.2) is 175 Å². The molecule has 360 valence electrons. The molecule has 9 rings (SSSR count). The lowest BCUT2D eigenvalue weighted by Crippen LogP contribution is -2.53. The summed E-state index contributed by atoms with van der Waals surface area (Å²) in [4.78, 5) is 77.6. The summed E-state index contributed by atoms with van der Waals surface area (Å²) in [5.41, 5.74) is 0.391. The van der Waals surface area contributed by atoms with Crippen molar-refractivity contribution in [3.8, 4) is 0 Å². The highest BCUT2D eigenvalue weighted by Crippen LogP contribution is 2.31. The van der Waals surface area contributed by atoms with Crippen LogP contribution in [0.15, 0.2) is 55.8 Å². The van der Waals surface area contributed by atoms with Gasteiger partial charge in [0.2, 0.25) is 0 Å². The number of H-pyrrole nitrogens is 3. The fourth-order valence-corrected chi connectivity index (χ4v) is 6.28. The van der Waals surface area contributed by atoms with Crippen LogP contribution in [0.4, 0.5) is 17.5 Å². The molecule has 0 radical (unpaired) electrons. The number of carbonyl (C=O) groups is 3. The van der Waals surface area contributed by atoms with Crippen LogP contribution in [0.5, 0.6) is 0 Å². The number of hydrogen-bond acceptors (Lipinski definition) is 12. The molecule has 21 nitrogen and oxygen atoms in total. The molecular formula is C48H60N18O3. The van der Waals surface area contributed by atoms with Crippen LogP contribution >= 0.6 is 0 Å². The molecule has 3 fully saturated rings. The first kappa shape index (κ1) is 20.0. The highest BCUT2D eigenvalue weighted by Gasteiger charge is 2.36. The van der Waals surface area contributed by atoms with Crippen LogP contribution < -0.4 is 14.7 Å². The number of likely N-dealkylation sites (N-methyl/N-ethyl adjacent to an activating group) is 3. The van der Waals surface area contributed by atoms with E-state index in [0.29, 0.717) is 9.80 Å². The van der Waals surface area contributed by atoms with Crippen LogP contribution in [0.1, 0.15) is 91.8 Å². The van der Waals surface area contributed by atoms with E-state index in [1.807, 2.05) is 0 Å². The number of nitrogens with zero attached hydrogens (tertiary/aromatic N) is 15. The first-order valence-corrected chi connectivity index (χ1v) is 19.3. The average Bonchev–Trinajstić information content (AvgIpc) is 1.22. The number of piperidine rings is 3. The van der Waals surface area contributed by atoms with Crippen LogP contribution in [0, 0.1) is 37.4 Å². The van der Waals surface area contributed by atoms with Crippen LogP contribution in [0.25, 0.3) is 47.6 Å². The Morgan fingerprint density at radius 1 is 0.652 bits per heavy atom. The Morgan fingerprint density at radius 2 is 1.06 bits per heavy atom. The van der Waals surface area contributed by atoms with Crippen LogP contribution in [-0.2, 0) is 14.4 Å². The number of aromatic nitrogens is 9. The minimum absolute atomic E-state index is 0.0396. The molecule has 3 saturated heterocycles. The molecule has 3 aliphatic heterocycles. The molecule has 3 N–H and O–H groups in total. The Labute approximate surface area is 455 Å². The minimum atomic E-state index is -4.04. The summed E-state index contributed by atoms with van der Waals surface area (Å²) in [5.74, 6) is -16.0. The van der Waals surface area contributed by atoms with Gasteiger partial charge in [-0.3, -0.25) is 14.4 Å². The van der Waals surface area contributed by atoms with E-state index in [4.69, 9.17) is 71.8 Å². The molecule has 0 unspecified atom stereocenters. The van der Waals surface area contributed by atoms with Crippen molar-refractivity contribution in [2.75, 3.05) is 94.2 Å². The van der Waals surface area contributed by atoms with Crippen molar-refractivity contribution >= 4 is 68.3 Å². The van der Waals surface area contributed by atoms with E-state index >= 15 is 0 Å². The van der Waals surface area contributed by atoms with E-state index in [2.05, 4.69) is 59.4 Å². The van der Waals surface area contributed by atoms with Gasteiger partial charge in [0, 0.05) is 113 Å². The number of anilines is 3. The number of fused-ring (bicyclic) bond motifs is 3. The lowest BCUT2D eigenvalue weighted by molar-refractivity contribution is -0.131. The largest absolute Gasteiger partial charge is 0.354 e. The molecule has 3 aliphatic rings. The number of likely N-dealkylation sites (tertiary alicyclic amines) is 3. The zero-order valence-corrected chi connectivity index (χ0v) is 35.4. The molecule has 69 heavy (non-hydrogen) atoms. The number of carbonyl (C=O) groups excluding carboxylic acids is 3. The fraction of sp³-hybridized carbons (Fsp3) is 0.500. The highest BCUT2D eigenvalue weighted by molar-refractivity contribution is 5.89. The first-order chi connectivity index (χ1) is 48.0. The van der Waals surface area contributed by atoms with Gasteiger partial charge >= 0.3 is 17.7 Å². The zero-order valence-electron chi connectivity index (χ0n) is 73.4. The Bertz CT molecular complexity index is 4550. The topological polar surface area (TPSA) is 208 Å². The highest BCUT2D eigenvalue weighted by atomic mass is 16.2. The molecule has 3 amide bonds. The summed E-state index contributed by atoms with van der Waals surface area (Å²) < 4.78 is 313. The molecule has 6 aromatic rings. The molecular weight excluding hydrogens is 877 g/mol. The van der Waals surface area contributed by atoms with Crippen molar-refractivity contribution in [2.45, 2.75) is 57.8 Å². The van der Waals surface area contributed by atoms with E-state index in [1.54, 1.807) is 0 Å². The summed E-state index contributed by atoms with van der Waals surface area (Å²) >= 11 is 0. The average molecular weight is 975 g/mol. The molecule has 0 aliphatic carbocycles. The Morgan fingerprint density at radius 3 is 1.48 bits per heavy atom.